The van der Waals surface area contributed by atoms with Gasteiger partial charge in [0, 0.05) is 24.7 Å². The van der Waals surface area contributed by atoms with E-state index < -0.39 is 58.2 Å². The van der Waals surface area contributed by atoms with Crippen molar-refractivity contribution >= 4 is 77.4 Å². The minimum atomic E-state index is -4.17. The summed E-state index contributed by atoms with van der Waals surface area (Å²) in [6, 6.07) is 0. The monoisotopic (exact) mass is 581 g/mol. The first kappa shape index (κ1) is 27.7. The number of aromatic amines is 1. The summed E-state index contributed by atoms with van der Waals surface area (Å²) in [7, 11) is -4.17. The quantitative estimate of drug-likeness (QED) is 0.314. The number of aromatic nitrogens is 2. The zero-order valence-corrected chi connectivity index (χ0v) is 21.1. The Morgan fingerprint density at radius 1 is 1.23 bits per heavy atom. The summed E-state index contributed by atoms with van der Waals surface area (Å²) < 4.78 is 26.0. The number of alkyl halides is 6. The van der Waals surface area contributed by atoms with E-state index in [1.807, 2.05) is 0 Å². The lowest BCUT2D eigenvalue weighted by molar-refractivity contribution is -0.0180. The minimum Gasteiger partial charge on any atom is -0.390 e. The van der Waals surface area contributed by atoms with Crippen LogP contribution in [0.1, 0.15) is 18.2 Å². The van der Waals surface area contributed by atoms with Crippen molar-refractivity contribution in [1.29, 1.82) is 0 Å². The van der Waals surface area contributed by atoms with Crippen molar-refractivity contribution in [2.24, 2.45) is 0 Å². The SMILES string of the molecule is Cc1cn(C2CC(O)C(CNP(=O)(OCC(Cl)(Cl)Cl)OCC(Cl)(Cl)Cl)O2)c(=O)[nH]c1=O. The second-order valence-electron chi connectivity index (χ2n) is 6.55. The maximum atomic E-state index is 12.9. The Labute approximate surface area is 206 Å². The summed E-state index contributed by atoms with van der Waals surface area (Å²) in [6.07, 6.45) is -1.55. The number of nitrogens with one attached hydrogen (secondary N) is 2. The topological polar surface area (TPSA) is 132 Å². The number of hydrogen-bond donors (Lipinski definition) is 3. The van der Waals surface area contributed by atoms with Crippen molar-refractivity contribution in [3.05, 3.63) is 32.6 Å². The Kier molecular flexibility index (Phi) is 9.65. The number of ether oxygens (including phenoxy) is 1. The van der Waals surface area contributed by atoms with Gasteiger partial charge in [0.1, 0.15) is 19.4 Å². The molecule has 1 aliphatic rings. The van der Waals surface area contributed by atoms with Crippen LogP contribution in [0.3, 0.4) is 0 Å². The molecule has 0 spiro atoms. The summed E-state index contributed by atoms with van der Waals surface area (Å²) >= 11 is 33.6. The van der Waals surface area contributed by atoms with Crippen LogP contribution in [0.2, 0.25) is 0 Å². The van der Waals surface area contributed by atoms with Gasteiger partial charge < -0.3 is 9.84 Å². The minimum absolute atomic E-state index is 0.0199. The van der Waals surface area contributed by atoms with Gasteiger partial charge in [-0.15, -0.1) is 0 Å². The molecule has 0 aliphatic carbocycles. The summed E-state index contributed by atoms with van der Waals surface area (Å²) in [5.74, 6) is 0. The highest BCUT2D eigenvalue weighted by Crippen LogP contribution is 2.48. The van der Waals surface area contributed by atoms with E-state index in [-0.39, 0.29) is 18.5 Å². The van der Waals surface area contributed by atoms with Crippen LogP contribution in [0.15, 0.2) is 15.8 Å². The average molecular weight is 584 g/mol. The molecule has 2 heterocycles. The molecule has 0 aromatic carbocycles. The van der Waals surface area contributed by atoms with Crippen LogP contribution in [0.25, 0.3) is 0 Å². The van der Waals surface area contributed by atoms with E-state index in [0.717, 1.165) is 4.57 Å². The highest BCUT2D eigenvalue weighted by Gasteiger charge is 2.39. The average Bonchev–Trinajstić information content (AvgIpc) is 2.99. The summed E-state index contributed by atoms with van der Waals surface area (Å²) in [6.45, 7) is 0.0142. The Balaban J connectivity index is 2.08. The third-order valence-corrected chi connectivity index (χ3v) is 6.11. The number of rotatable bonds is 8. The molecule has 0 bridgehead atoms. The van der Waals surface area contributed by atoms with Gasteiger partial charge in [0.2, 0.25) is 7.59 Å². The standard InChI is InChI=1S/C14H18Cl6N3O7P/c1-7-4-23(12(26)22-11(7)25)10-2-8(24)9(30-10)3-21-31(27,28-5-13(15,16)17)29-6-14(18,19)20/h4,8-10,24H,2-3,5-6H2,1H3,(H,21,27)(H,22,25,26). The first-order chi connectivity index (χ1) is 14.1. The number of halogens is 6. The normalized spacial score (nSPS) is 22.8. The smallest absolute Gasteiger partial charge is 0.390 e. The lowest BCUT2D eigenvalue weighted by Gasteiger charge is -2.25. The van der Waals surface area contributed by atoms with Crippen molar-refractivity contribution in [3.8, 4) is 0 Å². The zero-order valence-electron chi connectivity index (χ0n) is 15.7. The van der Waals surface area contributed by atoms with Crippen LogP contribution in [0.4, 0.5) is 0 Å². The number of aliphatic hydroxyl groups is 1. The molecule has 1 aromatic rings. The van der Waals surface area contributed by atoms with Crippen LogP contribution in [-0.4, -0.2) is 54.2 Å². The largest absolute Gasteiger partial charge is 0.405 e. The molecule has 0 saturated carbocycles. The fourth-order valence-corrected chi connectivity index (χ4v) is 4.69. The van der Waals surface area contributed by atoms with Gasteiger partial charge >= 0.3 is 13.4 Å². The number of aliphatic hydroxyl groups excluding tert-OH is 1. The number of H-pyrrole nitrogens is 1. The molecule has 10 nitrogen and oxygen atoms in total. The zero-order chi connectivity index (χ0) is 23.6. The summed E-state index contributed by atoms with van der Waals surface area (Å²) in [5.41, 5.74) is -0.954. The van der Waals surface area contributed by atoms with Crippen molar-refractivity contribution in [3.63, 3.8) is 0 Å². The number of nitrogens with zero attached hydrogens (tertiary/aromatic N) is 1. The number of hydrogen-bond acceptors (Lipinski definition) is 7. The van der Waals surface area contributed by atoms with Gasteiger partial charge in [0.15, 0.2) is 0 Å². The molecule has 0 amide bonds. The van der Waals surface area contributed by atoms with E-state index in [0.29, 0.717) is 0 Å². The lowest BCUT2D eigenvalue weighted by Crippen LogP contribution is -2.35. The van der Waals surface area contributed by atoms with Crippen LogP contribution >= 0.6 is 77.4 Å². The highest BCUT2D eigenvalue weighted by atomic mass is 35.6. The van der Waals surface area contributed by atoms with Crippen molar-refractivity contribution in [2.75, 3.05) is 19.8 Å². The van der Waals surface area contributed by atoms with Crippen molar-refractivity contribution in [2.45, 2.75) is 39.4 Å². The molecule has 3 N–H and O–H groups in total. The Morgan fingerprint density at radius 3 is 2.29 bits per heavy atom. The van der Waals surface area contributed by atoms with Crippen LogP contribution in [0, 0.1) is 6.92 Å². The first-order valence-electron chi connectivity index (χ1n) is 8.52. The third kappa shape index (κ3) is 8.96. The molecule has 31 heavy (non-hydrogen) atoms. The van der Waals surface area contributed by atoms with Crippen LogP contribution in [-0.2, 0) is 18.3 Å². The maximum Gasteiger partial charge on any atom is 0.405 e. The third-order valence-electron chi connectivity index (χ3n) is 3.94. The Hall–Kier alpha value is 0.450. The van der Waals surface area contributed by atoms with E-state index in [1.54, 1.807) is 0 Å². The predicted octanol–water partition coefficient (Wildman–Crippen LogP) is 2.96. The molecule has 0 radical (unpaired) electrons. The van der Waals surface area contributed by atoms with E-state index in [1.165, 1.54) is 13.1 Å². The van der Waals surface area contributed by atoms with E-state index in [9.17, 15) is 19.3 Å². The molecule has 17 heteroatoms. The number of aryl methyl sites for hydroxylation is 1. The second-order valence-corrected chi connectivity index (χ2v) is 13.4. The van der Waals surface area contributed by atoms with Crippen molar-refractivity contribution in [1.82, 2.24) is 14.6 Å². The van der Waals surface area contributed by atoms with Gasteiger partial charge in [-0.05, 0) is 6.92 Å². The van der Waals surface area contributed by atoms with Gasteiger partial charge in [-0.2, -0.15) is 0 Å². The van der Waals surface area contributed by atoms with Gasteiger partial charge in [0.25, 0.3) is 5.56 Å². The molecule has 3 unspecified atom stereocenters. The van der Waals surface area contributed by atoms with Gasteiger partial charge in [-0.3, -0.25) is 23.4 Å². The maximum absolute atomic E-state index is 12.9. The summed E-state index contributed by atoms with van der Waals surface area (Å²) in [5, 5.41) is 12.8. The van der Waals surface area contributed by atoms with Gasteiger partial charge in [0.05, 0.1) is 12.2 Å². The van der Waals surface area contributed by atoms with E-state index >= 15 is 0 Å². The lowest BCUT2D eigenvalue weighted by atomic mass is 10.2. The second kappa shape index (κ2) is 10.8. The van der Waals surface area contributed by atoms with E-state index in [4.69, 9.17) is 83.4 Å². The Morgan fingerprint density at radius 2 is 1.77 bits per heavy atom. The molecule has 1 aromatic heterocycles. The molecule has 178 valence electrons. The predicted molar refractivity (Wildman–Crippen MR) is 119 cm³/mol. The molecule has 3 atom stereocenters. The molecule has 1 fully saturated rings. The Bertz CT molecular complexity index is 909. The highest BCUT2D eigenvalue weighted by molar-refractivity contribution is 7.51. The fourth-order valence-electron chi connectivity index (χ4n) is 2.52. The first-order valence-corrected chi connectivity index (χ1v) is 12.3. The molecular weight excluding hydrogens is 566 g/mol. The van der Waals surface area contributed by atoms with Crippen LogP contribution in [0.5, 0.6) is 0 Å². The van der Waals surface area contributed by atoms with Gasteiger partial charge in [-0.25, -0.2) is 14.4 Å². The molecule has 2 rings (SSSR count). The molecular formula is C14H18Cl6N3O7P. The molecule has 1 aliphatic heterocycles. The van der Waals surface area contributed by atoms with E-state index in [2.05, 4.69) is 10.1 Å². The van der Waals surface area contributed by atoms with Gasteiger partial charge in [-0.1, -0.05) is 69.6 Å². The van der Waals surface area contributed by atoms with Crippen molar-refractivity contribution < 1.29 is 23.5 Å². The fraction of sp³-hybridized carbons (Fsp3) is 0.714. The molecule has 1 saturated heterocycles. The summed E-state index contributed by atoms with van der Waals surface area (Å²) in [4.78, 5) is 25.7. The van der Waals surface area contributed by atoms with Crippen LogP contribution < -0.4 is 16.3 Å².